The third kappa shape index (κ3) is 3.32. The molecule has 0 N–H and O–H groups in total. The highest BCUT2D eigenvalue weighted by molar-refractivity contribution is 7.10. The quantitative estimate of drug-likeness (QED) is 0.514. The molecule has 0 saturated heterocycles. The van der Waals surface area contributed by atoms with Gasteiger partial charge < -0.3 is 9.32 Å². The van der Waals surface area contributed by atoms with E-state index in [0.717, 1.165) is 22.4 Å². The van der Waals surface area contributed by atoms with Gasteiger partial charge in [0.05, 0.1) is 18.6 Å². The minimum absolute atomic E-state index is 0.0544. The average Bonchev–Trinajstić information content (AvgIpc) is 3.30. The van der Waals surface area contributed by atoms with Crippen LogP contribution in [0.25, 0.3) is 6.08 Å². The lowest BCUT2D eigenvalue weighted by molar-refractivity contribution is -0.127. The van der Waals surface area contributed by atoms with Gasteiger partial charge in [0.15, 0.2) is 0 Å². The maximum atomic E-state index is 12.9. The molecule has 0 spiro atoms. The van der Waals surface area contributed by atoms with Gasteiger partial charge >= 0.3 is 0 Å². The highest BCUT2D eigenvalue weighted by Gasteiger charge is 2.33. The summed E-state index contributed by atoms with van der Waals surface area (Å²) in [5.41, 5.74) is 3.02. The van der Waals surface area contributed by atoms with Crippen LogP contribution in [0.4, 0.5) is 0 Å². The third-order valence-corrected chi connectivity index (χ3v) is 6.04. The van der Waals surface area contributed by atoms with Crippen molar-refractivity contribution in [2.45, 2.75) is 12.5 Å². The second-order valence-electron chi connectivity index (χ2n) is 6.05. The number of carbonyl (C=O) groups is 1. The number of halogens is 2. The fraction of sp³-hybridized carbons (Fsp3) is 0.150. The van der Waals surface area contributed by atoms with Crippen LogP contribution in [-0.2, 0) is 11.2 Å². The monoisotopic (exact) mass is 403 g/mol. The zero-order chi connectivity index (χ0) is 18.1. The Morgan fingerprint density at radius 2 is 2.15 bits per heavy atom. The van der Waals surface area contributed by atoms with Crippen molar-refractivity contribution in [1.82, 2.24) is 4.90 Å². The number of hydrogen-bond donors (Lipinski definition) is 0. The first-order chi connectivity index (χ1) is 12.6. The number of rotatable bonds is 3. The minimum Gasteiger partial charge on any atom is -0.472 e. The van der Waals surface area contributed by atoms with Gasteiger partial charge in [-0.15, -0.1) is 11.3 Å². The summed E-state index contributed by atoms with van der Waals surface area (Å²) in [7, 11) is 0. The summed E-state index contributed by atoms with van der Waals surface area (Å²) in [6, 6.07) is 9.18. The Balaban J connectivity index is 1.72. The highest BCUT2D eigenvalue weighted by Crippen LogP contribution is 2.41. The van der Waals surface area contributed by atoms with Crippen LogP contribution >= 0.6 is 34.5 Å². The lowest BCUT2D eigenvalue weighted by Gasteiger charge is -2.36. The smallest absolute Gasteiger partial charge is 0.247 e. The first-order valence-corrected chi connectivity index (χ1v) is 9.79. The maximum Gasteiger partial charge on any atom is 0.247 e. The Kier molecular flexibility index (Phi) is 4.90. The molecule has 2 aromatic heterocycles. The van der Waals surface area contributed by atoms with Crippen molar-refractivity contribution in [1.29, 1.82) is 0 Å². The van der Waals surface area contributed by atoms with E-state index < -0.39 is 0 Å². The molecule has 3 heterocycles. The molecule has 1 aliphatic rings. The van der Waals surface area contributed by atoms with Crippen molar-refractivity contribution >= 4 is 46.5 Å². The van der Waals surface area contributed by atoms with E-state index in [1.807, 2.05) is 23.1 Å². The topological polar surface area (TPSA) is 33.5 Å². The summed E-state index contributed by atoms with van der Waals surface area (Å²) < 4.78 is 5.04. The Morgan fingerprint density at radius 3 is 2.92 bits per heavy atom. The van der Waals surface area contributed by atoms with Gasteiger partial charge in [0.25, 0.3) is 0 Å². The molecule has 6 heteroatoms. The molecule has 1 aromatic carbocycles. The number of hydrogen-bond acceptors (Lipinski definition) is 3. The van der Waals surface area contributed by atoms with Crippen molar-refractivity contribution in [2.24, 2.45) is 0 Å². The summed E-state index contributed by atoms with van der Waals surface area (Å²) >= 11 is 14.2. The molecule has 0 fully saturated rings. The van der Waals surface area contributed by atoms with Crippen LogP contribution in [-0.4, -0.2) is 17.4 Å². The van der Waals surface area contributed by atoms with Crippen molar-refractivity contribution in [3.63, 3.8) is 0 Å². The molecule has 0 bridgehead atoms. The Hall–Kier alpha value is -2.01. The fourth-order valence-corrected chi connectivity index (χ4v) is 4.80. The summed E-state index contributed by atoms with van der Waals surface area (Å²) in [5.74, 6) is -0.0544. The minimum atomic E-state index is -0.204. The maximum absolute atomic E-state index is 12.9. The van der Waals surface area contributed by atoms with Crippen LogP contribution < -0.4 is 0 Å². The van der Waals surface area contributed by atoms with Gasteiger partial charge in [0, 0.05) is 33.1 Å². The SMILES string of the molecule is O=C(C=Cc1ccoc1)N1CCc2ccsc2C1c1ccc(Cl)cc1Cl. The van der Waals surface area contributed by atoms with Crippen LogP contribution in [0, 0.1) is 0 Å². The number of amides is 1. The first-order valence-electron chi connectivity index (χ1n) is 8.15. The molecule has 0 radical (unpaired) electrons. The second kappa shape index (κ2) is 7.31. The summed E-state index contributed by atoms with van der Waals surface area (Å²) in [4.78, 5) is 16.0. The van der Waals surface area contributed by atoms with Gasteiger partial charge in [-0.3, -0.25) is 4.79 Å². The van der Waals surface area contributed by atoms with Crippen LogP contribution in [0.5, 0.6) is 0 Å². The lowest BCUT2D eigenvalue weighted by atomic mass is 9.95. The largest absolute Gasteiger partial charge is 0.472 e. The summed E-state index contributed by atoms with van der Waals surface area (Å²) in [6.07, 6.45) is 7.37. The number of thiophene rings is 1. The van der Waals surface area contributed by atoms with E-state index in [0.29, 0.717) is 16.6 Å². The van der Waals surface area contributed by atoms with Gasteiger partial charge in [-0.25, -0.2) is 0 Å². The van der Waals surface area contributed by atoms with E-state index in [9.17, 15) is 4.79 Å². The zero-order valence-corrected chi connectivity index (χ0v) is 16.0. The van der Waals surface area contributed by atoms with Gasteiger partial charge in [0.1, 0.15) is 0 Å². The highest BCUT2D eigenvalue weighted by atomic mass is 35.5. The lowest BCUT2D eigenvalue weighted by Crippen LogP contribution is -2.39. The van der Waals surface area contributed by atoms with Gasteiger partial charge in [0.2, 0.25) is 5.91 Å². The van der Waals surface area contributed by atoms with Crippen LogP contribution in [0.15, 0.2) is 58.7 Å². The van der Waals surface area contributed by atoms with Crippen molar-refractivity contribution in [3.8, 4) is 0 Å². The molecule has 1 atom stereocenters. The van der Waals surface area contributed by atoms with E-state index in [1.54, 1.807) is 42.1 Å². The zero-order valence-electron chi connectivity index (χ0n) is 13.7. The second-order valence-corrected chi connectivity index (χ2v) is 7.84. The first kappa shape index (κ1) is 17.4. The van der Waals surface area contributed by atoms with E-state index in [4.69, 9.17) is 27.6 Å². The number of benzene rings is 1. The molecule has 0 aliphatic carbocycles. The van der Waals surface area contributed by atoms with E-state index in [2.05, 4.69) is 11.4 Å². The molecule has 1 aliphatic heterocycles. The molecule has 1 amide bonds. The Labute approximate surface area is 165 Å². The molecular weight excluding hydrogens is 389 g/mol. The number of carbonyl (C=O) groups excluding carboxylic acids is 1. The average molecular weight is 404 g/mol. The molecule has 1 unspecified atom stereocenters. The Bertz CT molecular complexity index is 962. The van der Waals surface area contributed by atoms with Gasteiger partial charge in [-0.1, -0.05) is 29.3 Å². The van der Waals surface area contributed by atoms with Gasteiger partial charge in [-0.05, 0) is 53.3 Å². The molecule has 26 heavy (non-hydrogen) atoms. The van der Waals surface area contributed by atoms with Gasteiger partial charge in [-0.2, -0.15) is 0 Å². The molecule has 0 saturated carbocycles. The molecule has 132 valence electrons. The fourth-order valence-electron chi connectivity index (χ4n) is 3.21. The standard InChI is InChI=1S/C20H15Cl2NO2S/c21-15-2-3-16(17(22)11-15)19-20-14(7-10-26-20)5-8-23(19)18(24)4-1-13-6-9-25-12-13/h1-4,6-7,9-12,19H,5,8H2. The van der Waals surface area contributed by atoms with E-state index >= 15 is 0 Å². The van der Waals surface area contributed by atoms with Crippen molar-refractivity contribution in [3.05, 3.63) is 85.9 Å². The molecule has 3 aromatic rings. The van der Waals surface area contributed by atoms with Crippen LogP contribution in [0.3, 0.4) is 0 Å². The summed E-state index contributed by atoms with van der Waals surface area (Å²) in [5, 5.41) is 3.22. The molecular formula is C20H15Cl2NO2S. The van der Waals surface area contributed by atoms with Crippen LogP contribution in [0.1, 0.15) is 27.6 Å². The third-order valence-electron chi connectivity index (χ3n) is 4.46. The number of nitrogens with zero attached hydrogens (tertiary/aromatic N) is 1. The van der Waals surface area contributed by atoms with Crippen LogP contribution in [0.2, 0.25) is 10.0 Å². The predicted octanol–water partition coefficient (Wildman–Crippen LogP) is 5.84. The van der Waals surface area contributed by atoms with E-state index in [1.165, 1.54) is 5.56 Å². The van der Waals surface area contributed by atoms with Crippen molar-refractivity contribution < 1.29 is 9.21 Å². The van der Waals surface area contributed by atoms with E-state index in [-0.39, 0.29) is 11.9 Å². The van der Waals surface area contributed by atoms with Crippen molar-refractivity contribution in [2.75, 3.05) is 6.54 Å². The molecule has 4 rings (SSSR count). The molecule has 3 nitrogen and oxygen atoms in total. The number of furan rings is 1. The predicted molar refractivity (Wildman–Crippen MR) is 106 cm³/mol. The number of fused-ring (bicyclic) bond motifs is 1. The summed E-state index contributed by atoms with van der Waals surface area (Å²) in [6.45, 7) is 0.641. The Morgan fingerprint density at radius 1 is 1.27 bits per heavy atom. The normalized spacial score (nSPS) is 16.8.